The molecule has 1 aliphatic rings. The molecular weight excluding hydrogens is 94.0 g/mol. The molecule has 38 valence electrons. The topological polar surface area (TPSA) is 38.7 Å². The van der Waals surface area contributed by atoms with Gasteiger partial charge in [-0.15, -0.1) is 0 Å². The second-order valence-corrected chi connectivity index (χ2v) is 1.37. The van der Waals surface area contributed by atoms with E-state index in [1.54, 1.807) is 6.92 Å². The Balaban J connectivity index is 2.72. The lowest BCUT2D eigenvalue weighted by Crippen LogP contribution is -2.06. The van der Waals surface area contributed by atoms with Crippen LogP contribution in [0.1, 0.15) is 6.92 Å². The average Bonchev–Trinajstić information content (AvgIpc) is 1.91. The Labute approximate surface area is 41.0 Å². The SMILES string of the molecule is CC1=NOCC1=O. The lowest BCUT2D eigenvalue weighted by atomic mass is 10.3. The summed E-state index contributed by atoms with van der Waals surface area (Å²) in [7, 11) is 0. The Hall–Kier alpha value is -0.860. The maximum atomic E-state index is 10.3. The summed E-state index contributed by atoms with van der Waals surface area (Å²) in [5, 5.41) is 3.38. The van der Waals surface area contributed by atoms with Crippen LogP contribution in [-0.2, 0) is 9.63 Å². The number of oxime groups is 1. The van der Waals surface area contributed by atoms with E-state index in [4.69, 9.17) is 0 Å². The predicted molar refractivity (Wildman–Crippen MR) is 24.1 cm³/mol. The first kappa shape index (κ1) is 4.30. The summed E-state index contributed by atoms with van der Waals surface area (Å²) in [6.07, 6.45) is 0. The summed E-state index contributed by atoms with van der Waals surface area (Å²) in [5.74, 6) is -0.0139. The number of carbonyl (C=O) groups excluding carboxylic acids is 1. The van der Waals surface area contributed by atoms with Gasteiger partial charge in [0.15, 0.2) is 6.61 Å². The highest BCUT2D eigenvalue weighted by Crippen LogP contribution is 1.92. The summed E-state index contributed by atoms with van der Waals surface area (Å²) in [6, 6.07) is 0. The minimum atomic E-state index is -0.0139. The van der Waals surface area contributed by atoms with Gasteiger partial charge in [0, 0.05) is 0 Å². The standard InChI is InChI=1S/C4H5NO2/c1-3-4(6)2-7-5-3/h2H2,1H3. The Morgan fingerprint density at radius 1 is 1.86 bits per heavy atom. The van der Waals surface area contributed by atoms with Gasteiger partial charge in [-0.1, -0.05) is 5.16 Å². The fourth-order valence-electron chi connectivity index (χ4n) is 0.343. The molecule has 1 aliphatic heterocycles. The van der Waals surface area contributed by atoms with Crippen LogP contribution in [-0.4, -0.2) is 18.1 Å². The van der Waals surface area contributed by atoms with E-state index in [0.717, 1.165) is 0 Å². The van der Waals surface area contributed by atoms with E-state index in [9.17, 15) is 4.79 Å². The molecule has 0 amide bonds. The van der Waals surface area contributed by atoms with Crippen LogP contribution in [0.25, 0.3) is 0 Å². The molecular formula is C4H5NO2. The molecule has 7 heavy (non-hydrogen) atoms. The van der Waals surface area contributed by atoms with Crippen LogP contribution in [0, 0.1) is 0 Å². The minimum absolute atomic E-state index is 0.0139. The molecule has 0 bridgehead atoms. The maximum absolute atomic E-state index is 10.3. The number of hydrogen-bond acceptors (Lipinski definition) is 3. The first-order valence-electron chi connectivity index (χ1n) is 2.00. The number of rotatable bonds is 0. The first-order valence-corrected chi connectivity index (χ1v) is 2.00. The van der Waals surface area contributed by atoms with Crippen LogP contribution in [0.15, 0.2) is 5.16 Å². The molecule has 0 aromatic carbocycles. The van der Waals surface area contributed by atoms with Gasteiger partial charge in [0.1, 0.15) is 5.71 Å². The molecule has 3 heteroatoms. The summed E-state index contributed by atoms with van der Waals surface area (Å²) in [4.78, 5) is 14.7. The Bertz CT molecular complexity index is 128. The van der Waals surface area contributed by atoms with Gasteiger partial charge in [-0.25, -0.2) is 0 Å². The third-order valence-electron chi connectivity index (χ3n) is 0.801. The van der Waals surface area contributed by atoms with Crippen molar-refractivity contribution in [2.45, 2.75) is 6.92 Å². The number of carbonyl (C=O) groups is 1. The molecule has 0 N–H and O–H groups in total. The van der Waals surface area contributed by atoms with Crippen molar-refractivity contribution < 1.29 is 9.63 Å². The van der Waals surface area contributed by atoms with Crippen molar-refractivity contribution in [2.75, 3.05) is 6.61 Å². The first-order chi connectivity index (χ1) is 3.30. The van der Waals surface area contributed by atoms with Gasteiger partial charge in [-0.3, -0.25) is 4.79 Å². The van der Waals surface area contributed by atoms with Gasteiger partial charge in [-0.05, 0) is 6.92 Å². The van der Waals surface area contributed by atoms with Crippen LogP contribution in [0.2, 0.25) is 0 Å². The molecule has 0 fully saturated rings. The highest BCUT2D eigenvalue weighted by Gasteiger charge is 2.12. The molecule has 0 aromatic heterocycles. The van der Waals surface area contributed by atoms with E-state index in [0.29, 0.717) is 5.71 Å². The molecule has 0 atom stereocenters. The van der Waals surface area contributed by atoms with Crippen molar-refractivity contribution in [3.05, 3.63) is 0 Å². The quantitative estimate of drug-likeness (QED) is 0.427. The smallest absolute Gasteiger partial charge is 0.220 e. The number of nitrogens with zero attached hydrogens (tertiary/aromatic N) is 1. The van der Waals surface area contributed by atoms with Crippen molar-refractivity contribution in [3.8, 4) is 0 Å². The van der Waals surface area contributed by atoms with Crippen LogP contribution in [0.4, 0.5) is 0 Å². The van der Waals surface area contributed by atoms with E-state index < -0.39 is 0 Å². The molecule has 0 aromatic rings. The van der Waals surface area contributed by atoms with Crippen LogP contribution >= 0.6 is 0 Å². The molecule has 0 radical (unpaired) electrons. The Kier molecular flexibility index (Phi) is 0.817. The van der Waals surface area contributed by atoms with E-state index >= 15 is 0 Å². The molecule has 0 saturated carbocycles. The van der Waals surface area contributed by atoms with Crippen molar-refractivity contribution in [1.82, 2.24) is 0 Å². The van der Waals surface area contributed by atoms with Crippen LogP contribution in [0.5, 0.6) is 0 Å². The zero-order valence-corrected chi connectivity index (χ0v) is 3.97. The summed E-state index contributed by atoms with van der Waals surface area (Å²) in [5.41, 5.74) is 0.472. The molecule has 0 aliphatic carbocycles. The number of ketones is 1. The van der Waals surface area contributed by atoms with Gasteiger partial charge >= 0.3 is 0 Å². The fraction of sp³-hybridized carbons (Fsp3) is 0.500. The van der Waals surface area contributed by atoms with Crippen molar-refractivity contribution in [1.29, 1.82) is 0 Å². The summed E-state index contributed by atoms with van der Waals surface area (Å²) >= 11 is 0. The summed E-state index contributed by atoms with van der Waals surface area (Å²) in [6.45, 7) is 1.77. The molecule has 1 heterocycles. The average molecular weight is 99.1 g/mol. The van der Waals surface area contributed by atoms with E-state index in [2.05, 4.69) is 9.99 Å². The molecule has 1 rings (SSSR count). The molecule has 3 nitrogen and oxygen atoms in total. The minimum Gasteiger partial charge on any atom is -0.387 e. The van der Waals surface area contributed by atoms with E-state index in [1.807, 2.05) is 0 Å². The van der Waals surface area contributed by atoms with Crippen molar-refractivity contribution in [2.24, 2.45) is 5.16 Å². The van der Waals surface area contributed by atoms with Crippen molar-refractivity contribution in [3.63, 3.8) is 0 Å². The zero-order valence-electron chi connectivity index (χ0n) is 3.97. The predicted octanol–water partition coefficient (Wildman–Crippen LogP) is -0.0384. The number of Topliss-reactive ketones (excluding diaryl/α,β-unsaturated/α-hetero) is 1. The van der Waals surface area contributed by atoms with Gasteiger partial charge in [0.25, 0.3) is 0 Å². The van der Waals surface area contributed by atoms with Crippen LogP contribution < -0.4 is 0 Å². The third-order valence-corrected chi connectivity index (χ3v) is 0.801. The van der Waals surface area contributed by atoms with Gasteiger partial charge in [-0.2, -0.15) is 0 Å². The largest absolute Gasteiger partial charge is 0.387 e. The monoisotopic (exact) mass is 99.0 g/mol. The third kappa shape index (κ3) is 0.607. The second kappa shape index (κ2) is 1.33. The molecule has 0 spiro atoms. The fourth-order valence-corrected chi connectivity index (χ4v) is 0.343. The maximum Gasteiger partial charge on any atom is 0.220 e. The van der Waals surface area contributed by atoms with Crippen molar-refractivity contribution >= 4 is 11.5 Å². The lowest BCUT2D eigenvalue weighted by Gasteiger charge is -1.75. The molecule has 0 unspecified atom stereocenters. The highest BCUT2D eigenvalue weighted by molar-refractivity contribution is 6.40. The second-order valence-electron chi connectivity index (χ2n) is 1.37. The zero-order chi connectivity index (χ0) is 5.28. The lowest BCUT2D eigenvalue weighted by molar-refractivity contribution is -0.114. The van der Waals surface area contributed by atoms with E-state index in [1.165, 1.54) is 0 Å². The number of hydrogen-bond donors (Lipinski definition) is 0. The summed E-state index contributed by atoms with van der Waals surface area (Å²) < 4.78 is 0. The normalized spacial score (nSPS) is 19.0. The Morgan fingerprint density at radius 2 is 2.57 bits per heavy atom. The van der Waals surface area contributed by atoms with Gasteiger partial charge < -0.3 is 4.84 Å². The molecule has 0 saturated heterocycles. The van der Waals surface area contributed by atoms with Gasteiger partial charge in [0.2, 0.25) is 5.78 Å². The van der Waals surface area contributed by atoms with Crippen LogP contribution in [0.3, 0.4) is 0 Å². The van der Waals surface area contributed by atoms with Gasteiger partial charge in [0.05, 0.1) is 0 Å². The Morgan fingerprint density at radius 3 is 2.71 bits per heavy atom. The van der Waals surface area contributed by atoms with E-state index in [-0.39, 0.29) is 12.4 Å². The highest BCUT2D eigenvalue weighted by atomic mass is 16.6.